The van der Waals surface area contributed by atoms with E-state index < -0.39 is 26.6 Å². The highest BCUT2D eigenvalue weighted by Crippen LogP contribution is 2.38. The van der Waals surface area contributed by atoms with Gasteiger partial charge in [-0.3, -0.25) is 9.36 Å². The molecule has 0 aromatic heterocycles. The first-order valence-corrected chi connectivity index (χ1v) is 27.5. The smallest absolute Gasteiger partial charge is 0.268 e. The fraction of sp³-hybridized carbons (Fsp3) is 0.830. The molecule has 9 heteroatoms. The predicted molar refractivity (Wildman–Crippen MR) is 265 cm³/mol. The Morgan fingerprint density at radius 2 is 0.903 bits per heavy atom. The van der Waals surface area contributed by atoms with E-state index in [-0.39, 0.29) is 12.5 Å². The topological polar surface area (TPSA) is 108 Å². The minimum absolute atomic E-state index is 0.00993. The van der Waals surface area contributed by atoms with Gasteiger partial charge < -0.3 is 28.8 Å². The summed E-state index contributed by atoms with van der Waals surface area (Å²) in [6, 6.07) is -0.911. The Morgan fingerprint density at radius 1 is 0.548 bits per heavy atom. The minimum atomic E-state index is -4.61. The lowest BCUT2D eigenvalue weighted by Crippen LogP contribution is -2.45. The second kappa shape index (κ2) is 44.7. The lowest BCUT2D eigenvalue weighted by molar-refractivity contribution is -0.870. The second-order valence-electron chi connectivity index (χ2n) is 18.9. The van der Waals surface area contributed by atoms with Crippen molar-refractivity contribution in [3.63, 3.8) is 0 Å². The maximum absolute atomic E-state index is 12.9. The Kier molecular flexibility index (Phi) is 43.5. The van der Waals surface area contributed by atoms with Gasteiger partial charge in [-0.1, -0.05) is 204 Å². The average molecular weight is 893 g/mol. The van der Waals surface area contributed by atoms with Gasteiger partial charge in [-0.25, -0.2) is 0 Å². The number of hydrogen-bond acceptors (Lipinski definition) is 6. The number of nitrogens with zero attached hydrogens (tertiary/aromatic N) is 1. The summed E-state index contributed by atoms with van der Waals surface area (Å²) in [6.45, 7) is 4.63. The van der Waals surface area contributed by atoms with E-state index in [4.69, 9.17) is 9.05 Å². The second-order valence-corrected chi connectivity index (χ2v) is 20.3. The third-order valence-corrected chi connectivity index (χ3v) is 12.5. The molecular formula is C53H101N2O6P. The number of carbonyl (C=O) groups is 1. The summed E-state index contributed by atoms with van der Waals surface area (Å²) in [6.07, 6.45) is 57.4. The molecule has 8 nitrogen and oxygen atoms in total. The highest BCUT2D eigenvalue weighted by Gasteiger charge is 2.23. The molecule has 0 aliphatic heterocycles. The minimum Gasteiger partial charge on any atom is -0.756 e. The van der Waals surface area contributed by atoms with E-state index in [9.17, 15) is 19.4 Å². The molecule has 0 heterocycles. The van der Waals surface area contributed by atoms with E-state index in [1.54, 1.807) is 6.08 Å². The van der Waals surface area contributed by atoms with E-state index in [1.807, 2.05) is 27.2 Å². The van der Waals surface area contributed by atoms with Crippen LogP contribution in [0.15, 0.2) is 48.6 Å². The molecule has 0 saturated carbocycles. The summed E-state index contributed by atoms with van der Waals surface area (Å²) in [5.41, 5.74) is 0. The molecule has 0 fully saturated rings. The van der Waals surface area contributed by atoms with Gasteiger partial charge in [0.25, 0.3) is 7.82 Å². The number of likely N-dealkylation sites (N-methyl/N-ethyl adjacent to an activating group) is 1. The van der Waals surface area contributed by atoms with Crippen molar-refractivity contribution in [2.75, 3.05) is 40.9 Å². The van der Waals surface area contributed by atoms with Crippen LogP contribution >= 0.6 is 7.82 Å². The first-order chi connectivity index (χ1) is 30.0. The number of aliphatic hydroxyl groups is 1. The van der Waals surface area contributed by atoms with E-state index >= 15 is 0 Å². The number of quaternary nitrogens is 1. The number of phosphoric acid groups is 1. The third-order valence-electron chi connectivity index (χ3n) is 11.5. The molecule has 0 aliphatic rings. The van der Waals surface area contributed by atoms with Crippen LogP contribution in [0.5, 0.6) is 0 Å². The molecule has 0 rings (SSSR count). The molecule has 0 aromatic carbocycles. The molecule has 3 unspecified atom stereocenters. The Labute approximate surface area is 384 Å². The van der Waals surface area contributed by atoms with E-state index in [2.05, 4.69) is 55.6 Å². The Hall–Kier alpha value is -1.54. The zero-order chi connectivity index (χ0) is 45.7. The first-order valence-electron chi connectivity index (χ1n) is 26.0. The number of carbonyl (C=O) groups excluding carboxylic acids is 1. The zero-order valence-electron chi connectivity index (χ0n) is 41.3. The van der Waals surface area contributed by atoms with Gasteiger partial charge in [-0.15, -0.1) is 0 Å². The van der Waals surface area contributed by atoms with Crippen LogP contribution in [0.3, 0.4) is 0 Å². The summed E-state index contributed by atoms with van der Waals surface area (Å²) in [4.78, 5) is 25.4. The fourth-order valence-corrected chi connectivity index (χ4v) is 8.08. The fourth-order valence-electron chi connectivity index (χ4n) is 7.36. The van der Waals surface area contributed by atoms with Gasteiger partial charge in [0, 0.05) is 6.42 Å². The summed E-state index contributed by atoms with van der Waals surface area (Å²) in [5, 5.41) is 13.8. The molecule has 3 atom stereocenters. The van der Waals surface area contributed by atoms with Crippen molar-refractivity contribution in [3.8, 4) is 0 Å². The number of nitrogens with one attached hydrogen (secondary N) is 1. The predicted octanol–water partition coefficient (Wildman–Crippen LogP) is 14.6. The SMILES string of the molecule is CCCCCCCCCC/C=C\CCCCCCCCCCCC(=O)NC(COP(=O)([O-])OCC[N+](C)(C)C)C(O)/C=C/CC/C=C/CC/C=C/CCCCCCCCCCC. The molecular weight excluding hydrogens is 792 g/mol. The number of allylic oxidation sites excluding steroid dienone is 7. The van der Waals surface area contributed by atoms with Crippen LogP contribution in [0, 0.1) is 0 Å². The van der Waals surface area contributed by atoms with Gasteiger partial charge in [-0.05, 0) is 70.6 Å². The van der Waals surface area contributed by atoms with Crippen molar-refractivity contribution in [3.05, 3.63) is 48.6 Å². The van der Waals surface area contributed by atoms with Crippen molar-refractivity contribution < 1.29 is 32.9 Å². The highest BCUT2D eigenvalue weighted by atomic mass is 31.2. The first kappa shape index (κ1) is 60.5. The summed E-state index contributed by atoms with van der Waals surface area (Å²) in [7, 11) is 1.23. The number of hydrogen-bond donors (Lipinski definition) is 2. The van der Waals surface area contributed by atoms with Crippen LogP contribution in [-0.2, 0) is 18.4 Å². The summed E-state index contributed by atoms with van der Waals surface area (Å²) < 4.78 is 23.3. The highest BCUT2D eigenvalue weighted by molar-refractivity contribution is 7.45. The van der Waals surface area contributed by atoms with Crippen LogP contribution in [0.25, 0.3) is 0 Å². The van der Waals surface area contributed by atoms with Crippen molar-refractivity contribution in [2.24, 2.45) is 0 Å². The van der Waals surface area contributed by atoms with Crippen LogP contribution in [0.4, 0.5) is 0 Å². The molecule has 1 amide bonds. The molecule has 364 valence electrons. The van der Waals surface area contributed by atoms with Gasteiger partial charge in [-0.2, -0.15) is 0 Å². The molecule has 0 radical (unpaired) electrons. The third kappa shape index (κ3) is 46.5. The van der Waals surface area contributed by atoms with Crippen LogP contribution in [0.1, 0.15) is 232 Å². The number of unbranched alkanes of at least 4 members (excludes halogenated alkanes) is 28. The van der Waals surface area contributed by atoms with Gasteiger partial charge in [0.05, 0.1) is 39.9 Å². The van der Waals surface area contributed by atoms with E-state index in [0.717, 1.165) is 44.9 Å². The van der Waals surface area contributed by atoms with Crippen molar-refractivity contribution >= 4 is 13.7 Å². The van der Waals surface area contributed by atoms with Crippen LogP contribution < -0.4 is 10.2 Å². The number of aliphatic hydroxyl groups excluding tert-OH is 1. The maximum atomic E-state index is 12.9. The zero-order valence-corrected chi connectivity index (χ0v) is 42.2. The summed E-state index contributed by atoms with van der Waals surface area (Å²) >= 11 is 0. The van der Waals surface area contributed by atoms with E-state index in [0.29, 0.717) is 17.4 Å². The Morgan fingerprint density at radius 3 is 1.31 bits per heavy atom. The Balaban J connectivity index is 4.37. The van der Waals surface area contributed by atoms with E-state index in [1.165, 1.54) is 167 Å². The molecule has 2 N–H and O–H groups in total. The van der Waals surface area contributed by atoms with Crippen molar-refractivity contribution in [2.45, 2.75) is 244 Å². The molecule has 0 spiro atoms. The van der Waals surface area contributed by atoms with Crippen LogP contribution in [0.2, 0.25) is 0 Å². The monoisotopic (exact) mass is 893 g/mol. The van der Waals surface area contributed by atoms with Gasteiger partial charge in [0.15, 0.2) is 0 Å². The molecule has 62 heavy (non-hydrogen) atoms. The average Bonchev–Trinajstić information content (AvgIpc) is 3.23. The molecule has 0 aromatic rings. The lowest BCUT2D eigenvalue weighted by atomic mass is 10.0. The van der Waals surface area contributed by atoms with Gasteiger partial charge >= 0.3 is 0 Å². The number of phosphoric ester groups is 1. The van der Waals surface area contributed by atoms with Gasteiger partial charge in [0.1, 0.15) is 13.2 Å². The molecule has 0 saturated heterocycles. The molecule has 0 bridgehead atoms. The standard InChI is InChI=1S/C53H101N2O6P/c1-6-8-10-12-14-16-18-20-22-24-26-27-29-31-33-35-37-39-41-43-45-47-53(57)54-51(50-61-62(58,59)60-49-48-55(3,4)5)52(56)46-44-42-40-38-36-34-32-30-28-25-23-21-19-17-15-13-11-9-7-2/h24,26,28,30,36,38,44,46,51-52,56H,6-23,25,27,29,31-35,37,39-43,45,47-50H2,1-5H3,(H-,54,57,58,59)/b26-24-,30-28+,38-36+,46-44+. The van der Waals surface area contributed by atoms with Crippen molar-refractivity contribution in [1.29, 1.82) is 0 Å². The quantitative estimate of drug-likeness (QED) is 0.0273. The number of rotatable bonds is 47. The normalized spacial score (nSPS) is 14.5. The number of amides is 1. The maximum Gasteiger partial charge on any atom is 0.268 e. The van der Waals surface area contributed by atoms with Crippen molar-refractivity contribution in [1.82, 2.24) is 5.32 Å². The van der Waals surface area contributed by atoms with Gasteiger partial charge in [0.2, 0.25) is 5.91 Å². The van der Waals surface area contributed by atoms with Crippen LogP contribution in [-0.4, -0.2) is 68.5 Å². The lowest BCUT2D eigenvalue weighted by Gasteiger charge is -2.29. The Bertz CT molecular complexity index is 1150. The summed E-state index contributed by atoms with van der Waals surface area (Å²) in [5.74, 6) is -0.213. The largest absolute Gasteiger partial charge is 0.756 e. The molecule has 0 aliphatic carbocycles.